The van der Waals surface area contributed by atoms with Gasteiger partial charge in [-0.3, -0.25) is 9.48 Å². The van der Waals surface area contributed by atoms with E-state index in [1.54, 1.807) is 29.9 Å². The third-order valence-electron chi connectivity index (χ3n) is 2.89. The average Bonchev–Trinajstić information content (AvgIpc) is 2.78. The molecule has 1 amide bonds. The third-order valence-corrected chi connectivity index (χ3v) is 2.89. The molecule has 0 unspecified atom stereocenters. The first-order valence-corrected chi connectivity index (χ1v) is 6.08. The maximum Gasteiger partial charge on any atom is 0.251 e. The second kappa shape index (κ2) is 5.65. The second-order valence-electron chi connectivity index (χ2n) is 4.49. The van der Waals surface area contributed by atoms with Crippen molar-refractivity contribution in [3.05, 3.63) is 53.1 Å². The van der Waals surface area contributed by atoms with Crippen molar-refractivity contribution in [2.24, 2.45) is 7.05 Å². The molecule has 2 aromatic rings. The van der Waals surface area contributed by atoms with Gasteiger partial charge >= 0.3 is 0 Å². The van der Waals surface area contributed by atoms with E-state index in [1.165, 1.54) is 6.07 Å². The number of aromatic nitrogens is 2. The average molecular weight is 261 g/mol. The van der Waals surface area contributed by atoms with Crippen molar-refractivity contribution >= 4 is 5.91 Å². The van der Waals surface area contributed by atoms with Gasteiger partial charge in [0.25, 0.3) is 5.91 Å². The van der Waals surface area contributed by atoms with Crippen LogP contribution < -0.4 is 5.32 Å². The van der Waals surface area contributed by atoms with Crippen LogP contribution in [0.15, 0.2) is 30.6 Å². The fourth-order valence-electron chi connectivity index (χ4n) is 1.76. The highest BCUT2D eigenvalue weighted by Crippen LogP contribution is 2.09. The van der Waals surface area contributed by atoms with Crippen LogP contribution in [0.3, 0.4) is 0 Å². The lowest BCUT2D eigenvalue weighted by Crippen LogP contribution is -2.25. The van der Waals surface area contributed by atoms with E-state index in [9.17, 15) is 9.18 Å². The molecule has 0 atom stereocenters. The van der Waals surface area contributed by atoms with Gasteiger partial charge in [0.15, 0.2) is 0 Å². The summed E-state index contributed by atoms with van der Waals surface area (Å²) in [7, 11) is 1.84. The van der Waals surface area contributed by atoms with Crippen molar-refractivity contribution < 1.29 is 9.18 Å². The highest BCUT2D eigenvalue weighted by atomic mass is 19.1. The highest BCUT2D eigenvalue weighted by molar-refractivity contribution is 5.94. The minimum atomic E-state index is -0.361. The van der Waals surface area contributed by atoms with E-state index in [0.29, 0.717) is 24.1 Å². The Kier molecular flexibility index (Phi) is 3.94. The van der Waals surface area contributed by atoms with Crippen LogP contribution in [0.2, 0.25) is 0 Å². The molecule has 0 saturated heterocycles. The minimum Gasteiger partial charge on any atom is -0.352 e. The first-order chi connectivity index (χ1) is 9.06. The fraction of sp³-hybridized carbons (Fsp3) is 0.286. The number of nitrogens with one attached hydrogen (secondary N) is 1. The molecule has 0 aliphatic rings. The number of aryl methyl sites for hydroxylation is 2. The van der Waals surface area contributed by atoms with Gasteiger partial charge in [-0.25, -0.2) is 4.39 Å². The van der Waals surface area contributed by atoms with Crippen LogP contribution in [-0.4, -0.2) is 22.2 Å². The van der Waals surface area contributed by atoms with Gasteiger partial charge in [0.1, 0.15) is 5.82 Å². The minimum absolute atomic E-state index is 0.261. The molecule has 0 saturated carbocycles. The van der Waals surface area contributed by atoms with Crippen molar-refractivity contribution in [2.45, 2.75) is 13.3 Å². The predicted octanol–water partition coefficient (Wildman–Crippen LogP) is 1.84. The van der Waals surface area contributed by atoms with Crippen molar-refractivity contribution in [3.8, 4) is 0 Å². The standard InChI is InChI=1S/C14H16FN3O/c1-10-3-4-12(7-13(10)15)14(19)16-6-5-11-8-17-18(2)9-11/h3-4,7-9H,5-6H2,1-2H3,(H,16,19). The van der Waals surface area contributed by atoms with Gasteiger partial charge in [-0.05, 0) is 36.6 Å². The number of hydrogen-bond acceptors (Lipinski definition) is 2. The van der Waals surface area contributed by atoms with E-state index in [-0.39, 0.29) is 11.7 Å². The third kappa shape index (κ3) is 3.40. The van der Waals surface area contributed by atoms with Gasteiger partial charge in [-0.15, -0.1) is 0 Å². The van der Waals surface area contributed by atoms with Gasteiger partial charge in [0.2, 0.25) is 0 Å². The number of halogens is 1. The zero-order valence-corrected chi connectivity index (χ0v) is 11.0. The molecule has 1 heterocycles. The molecule has 5 heteroatoms. The van der Waals surface area contributed by atoms with Gasteiger partial charge in [-0.1, -0.05) is 6.07 Å². The van der Waals surface area contributed by atoms with E-state index in [4.69, 9.17) is 0 Å². The van der Waals surface area contributed by atoms with Gasteiger partial charge in [0.05, 0.1) is 6.20 Å². The Hall–Kier alpha value is -2.17. The molecule has 1 N–H and O–H groups in total. The van der Waals surface area contributed by atoms with E-state index in [2.05, 4.69) is 10.4 Å². The van der Waals surface area contributed by atoms with Crippen LogP contribution in [0.5, 0.6) is 0 Å². The van der Waals surface area contributed by atoms with E-state index < -0.39 is 0 Å². The second-order valence-corrected chi connectivity index (χ2v) is 4.49. The summed E-state index contributed by atoms with van der Waals surface area (Å²) in [6.45, 7) is 2.17. The Morgan fingerprint density at radius 3 is 2.89 bits per heavy atom. The van der Waals surface area contributed by atoms with Crippen LogP contribution >= 0.6 is 0 Å². The normalized spacial score (nSPS) is 10.5. The van der Waals surface area contributed by atoms with Crippen LogP contribution in [0.4, 0.5) is 4.39 Å². The lowest BCUT2D eigenvalue weighted by Gasteiger charge is -2.05. The van der Waals surface area contributed by atoms with Gasteiger partial charge < -0.3 is 5.32 Å². The number of carbonyl (C=O) groups is 1. The summed E-state index contributed by atoms with van der Waals surface area (Å²) in [6, 6.07) is 4.48. The summed E-state index contributed by atoms with van der Waals surface area (Å²) in [5.41, 5.74) is 1.93. The van der Waals surface area contributed by atoms with Crippen LogP contribution in [0.25, 0.3) is 0 Å². The summed E-state index contributed by atoms with van der Waals surface area (Å²) in [5, 5.41) is 6.81. The lowest BCUT2D eigenvalue weighted by atomic mass is 10.1. The zero-order chi connectivity index (χ0) is 13.8. The number of nitrogens with zero attached hydrogens (tertiary/aromatic N) is 2. The molecule has 4 nitrogen and oxygen atoms in total. The first-order valence-electron chi connectivity index (χ1n) is 6.08. The van der Waals surface area contributed by atoms with Gasteiger partial charge in [0, 0.05) is 25.4 Å². The summed E-state index contributed by atoms with van der Waals surface area (Å²) >= 11 is 0. The van der Waals surface area contributed by atoms with E-state index in [1.807, 2.05) is 13.2 Å². The van der Waals surface area contributed by atoms with Crippen molar-refractivity contribution in [1.82, 2.24) is 15.1 Å². The quantitative estimate of drug-likeness (QED) is 0.913. The predicted molar refractivity (Wildman–Crippen MR) is 70.4 cm³/mol. The molecular formula is C14H16FN3O. The zero-order valence-electron chi connectivity index (χ0n) is 11.0. The maximum absolute atomic E-state index is 13.3. The SMILES string of the molecule is Cc1ccc(C(=O)NCCc2cnn(C)c2)cc1F. The molecule has 0 fully saturated rings. The molecule has 1 aromatic carbocycles. The van der Waals surface area contributed by atoms with E-state index in [0.717, 1.165) is 5.56 Å². The van der Waals surface area contributed by atoms with Crippen molar-refractivity contribution in [2.75, 3.05) is 6.54 Å². The number of hydrogen-bond donors (Lipinski definition) is 1. The fourth-order valence-corrected chi connectivity index (χ4v) is 1.76. The Bertz CT molecular complexity index is 592. The van der Waals surface area contributed by atoms with Gasteiger partial charge in [-0.2, -0.15) is 5.10 Å². The van der Waals surface area contributed by atoms with Crippen LogP contribution in [0.1, 0.15) is 21.5 Å². The maximum atomic E-state index is 13.3. The molecule has 0 spiro atoms. The summed E-state index contributed by atoms with van der Waals surface area (Å²) < 4.78 is 15.1. The monoisotopic (exact) mass is 261 g/mol. The highest BCUT2D eigenvalue weighted by Gasteiger charge is 2.07. The van der Waals surface area contributed by atoms with Crippen molar-refractivity contribution in [1.29, 1.82) is 0 Å². The molecule has 19 heavy (non-hydrogen) atoms. The van der Waals surface area contributed by atoms with Crippen LogP contribution in [0, 0.1) is 12.7 Å². The van der Waals surface area contributed by atoms with Crippen molar-refractivity contribution in [3.63, 3.8) is 0 Å². The Morgan fingerprint density at radius 1 is 1.47 bits per heavy atom. The smallest absolute Gasteiger partial charge is 0.251 e. The number of amides is 1. The number of rotatable bonds is 4. The Morgan fingerprint density at radius 2 is 2.26 bits per heavy atom. The number of benzene rings is 1. The molecule has 0 aliphatic carbocycles. The summed E-state index contributed by atoms with van der Waals surface area (Å²) in [6.07, 6.45) is 4.36. The Balaban J connectivity index is 1.89. The molecule has 2 rings (SSSR count). The topological polar surface area (TPSA) is 46.9 Å². The first kappa shape index (κ1) is 13.3. The number of carbonyl (C=O) groups excluding carboxylic acids is 1. The molecule has 0 radical (unpaired) electrons. The summed E-state index contributed by atoms with van der Waals surface area (Å²) in [5.74, 6) is -0.623. The van der Waals surface area contributed by atoms with Crippen LogP contribution in [-0.2, 0) is 13.5 Å². The molecular weight excluding hydrogens is 245 g/mol. The summed E-state index contributed by atoms with van der Waals surface area (Å²) in [4.78, 5) is 11.8. The molecule has 0 bridgehead atoms. The molecule has 100 valence electrons. The lowest BCUT2D eigenvalue weighted by molar-refractivity contribution is 0.0953. The Labute approximate surface area is 111 Å². The molecule has 1 aromatic heterocycles. The molecule has 0 aliphatic heterocycles. The van der Waals surface area contributed by atoms with E-state index >= 15 is 0 Å². The largest absolute Gasteiger partial charge is 0.352 e.